The van der Waals surface area contributed by atoms with Gasteiger partial charge in [0.15, 0.2) is 16.9 Å². The summed E-state index contributed by atoms with van der Waals surface area (Å²) in [6.07, 6.45) is 22.6. The Morgan fingerprint density at radius 3 is 1.93 bits per heavy atom. The summed E-state index contributed by atoms with van der Waals surface area (Å²) in [7, 11) is 0. The second-order valence-corrected chi connectivity index (χ2v) is 9.50. The molecule has 0 fully saturated rings. The zero-order valence-corrected chi connectivity index (χ0v) is 23.8. The van der Waals surface area contributed by atoms with E-state index in [4.69, 9.17) is 0 Å². The largest absolute Gasteiger partial charge is 0.351 e. The summed E-state index contributed by atoms with van der Waals surface area (Å²) in [6, 6.07) is 25.6. The van der Waals surface area contributed by atoms with Gasteiger partial charge in [-0.3, -0.25) is 4.40 Å². The van der Waals surface area contributed by atoms with E-state index in [0.29, 0.717) is 0 Å². The molecule has 44 heavy (non-hydrogen) atoms. The lowest BCUT2D eigenvalue weighted by Crippen LogP contribution is -1.86. The Morgan fingerprint density at radius 2 is 1.23 bits per heavy atom. The molecule has 1 aliphatic rings. The monoisotopic (exact) mass is 582 g/mol. The highest BCUT2D eigenvalue weighted by Gasteiger charge is 2.06. The first-order valence-electron chi connectivity index (χ1n) is 14.1. The fraction of sp³-hybridized carbons (Fsp3) is 0.0938. The van der Waals surface area contributed by atoms with Gasteiger partial charge in [0, 0.05) is 74.2 Å². The molecule has 0 atom stereocenters. The first kappa shape index (κ1) is 28.0. The van der Waals surface area contributed by atoms with E-state index in [2.05, 4.69) is 58.4 Å². The minimum Gasteiger partial charge on any atom is -0.351 e. The molecule has 0 radical (unpaired) electrons. The number of aromatic nitrogens is 12. The Labute approximate surface area is 252 Å². The van der Waals surface area contributed by atoms with Crippen LogP contribution in [0.3, 0.4) is 0 Å². The van der Waals surface area contributed by atoms with E-state index < -0.39 is 0 Å². The fourth-order valence-electron chi connectivity index (χ4n) is 4.49. The third kappa shape index (κ3) is 7.18. The van der Waals surface area contributed by atoms with Crippen LogP contribution in [0.25, 0.3) is 22.5 Å². The van der Waals surface area contributed by atoms with Crippen LogP contribution in [-0.2, 0) is 13.0 Å². The van der Waals surface area contributed by atoms with Gasteiger partial charge in [-0.25, -0.2) is 23.5 Å². The number of hydrogen-bond acceptors (Lipinski definition) is 7. The van der Waals surface area contributed by atoms with Crippen LogP contribution in [-0.4, -0.2) is 58.0 Å². The van der Waals surface area contributed by atoms with Crippen molar-refractivity contribution in [2.24, 2.45) is 0 Å². The normalized spacial score (nSPS) is 11.4. The van der Waals surface area contributed by atoms with Gasteiger partial charge in [0.25, 0.3) is 0 Å². The first-order chi connectivity index (χ1) is 21.8. The Bertz CT molecular complexity index is 1750. The van der Waals surface area contributed by atoms with Gasteiger partial charge < -0.3 is 4.57 Å². The van der Waals surface area contributed by atoms with Crippen LogP contribution in [0.5, 0.6) is 0 Å². The van der Waals surface area contributed by atoms with Gasteiger partial charge in [-0.15, -0.1) is 10.2 Å². The molecular weight excluding hydrogens is 552 g/mol. The second kappa shape index (κ2) is 14.1. The van der Waals surface area contributed by atoms with E-state index >= 15 is 0 Å². The van der Waals surface area contributed by atoms with E-state index in [9.17, 15) is 0 Å². The molecule has 10 heterocycles. The molecule has 0 bridgehead atoms. The zero-order valence-electron chi connectivity index (χ0n) is 23.8. The van der Waals surface area contributed by atoms with Crippen molar-refractivity contribution in [3.8, 4) is 0 Å². The minimum absolute atomic E-state index is 0.887. The third-order valence-electron chi connectivity index (χ3n) is 6.61. The number of aryl methyl sites for hydroxylation is 2. The van der Waals surface area contributed by atoms with Crippen LogP contribution in [0, 0.1) is 0 Å². The molecule has 12 heteroatoms. The SMILES string of the molecule is c1cc2n(c1)CCC2.c1ccn2cnnc2c1.c1ccn2nccc2c1.c1cnn2ccnc2c1.c1cnn2ccnc2c1. The fourth-order valence-corrected chi connectivity index (χ4v) is 4.49. The van der Waals surface area contributed by atoms with Crippen LogP contribution < -0.4 is 0 Å². The number of pyridine rings is 2. The molecule has 0 spiro atoms. The molecule has 9 aromatic heterocycles. The van der Waals surface area contributed by atoms with Crippen molar-refractivity contribution in [1.82, 2.24) is 58.0 Å². The Kier molecular flexibility index (Phi) is 8.99. The van der Waals surface area contributed by atoms with E-state index in [-0.39, 0.29) is 0 Å². The number of rotatable bonds is 0. The van der Waals surface area contributed by atoms with Gasteiger partial charge in [0.1, 0.15) is 6.33 Å². The molecule has 0 aromatic carbocycles. The molecule has 0 saturated heterocycles. The van der Waals surface area contributed by atoms with Crippen molar-refractivity contribution >= 4 is 22.5 Å². The topological polar surface area (TPSA) is 113 Å². The van der Waals surface area contributed by atoms with E-state index in [0.717, 1.165) is 22.5 Å². The highest BCUT2D eigenvalue weighted by Crippen LogP contribution is 2.13. The van der Waals surface area contributed by atoms with Crippen LogP contribution in [0.2, 0.25) is 0 Å². The lowest BCUT2D eigenvalue weighted by Gasteiger charge is -1.90. The van der Waals surface area contributed by atoms with E-state index in [1.807, 2.05) is 100 Å². The standard InChI is InChI=1S/C7H6N2.C7H9N.3C6H5N3/c1-2-6-9-7(3-1)4-5-8-9;1-3-7-4-2-6-8(7)5-1;2*1-2-6-7-4-5-9(6)8-3-1;1-2-4-9-5-7-8-6(9)3-1/h1-6H;1,3,5H,2,4,6H2;3*1-5H. The summed E-state index contributed by atoms with van der Waals surface area (Å²) in [5, 5.41) is 19.6. The van der Waals surface area contributed by atoms with Crippen LogP contribution in [0.15, 0.2) is 147 Å². The number of nitrogens with zero attached hydrogens (tertiary/aromatic N) is 12. The van der Waals surface area contributed by atoms with Gasteiger partial charge in [0.05, 0.1) is 5.52 Å². The second-order valence-electron chi connectivity index (χ2n) is 9.50. The molecule has 1 aliphatic heterocycles. The molecule has 9 aromatic rings. The summed E-state index contributed by atoms with van der Waals surface area (Å²) in [5.74, 6) is 0. The van der Waals surface area contributed by atoms with Crippen molar-refractivity contribution in [3.05, 3.63) is 153 Å². The maximum atomic E-state index is 4.04. The summed E-state index contributed by atoms with van der Waals surface area (Å²) in [4.78, 5) is 8.04. The van der Waals surface area contributed by atoms with E-state index in [1.54, 1.807) is 46.3 Å². The molecular formula is C32H30N12. The quantitative estimate of drug-likeness (QED) is 0.248. The average Bonchev–Trinajstić information content (AvgIpc) is 3.92. The number of imidazole rings is 2. The highest BCUT2D eigenvalue weighted by molar-refractivity contribution is 5.44. The summed E-state index contributed by atoms with van der Waals surface area (Å²) >= 11 is 0. The minimum atomic E-state index is 0.887. The summed E-state index contributed by atoms with van der Waals surface area (Å²) < 4.78 is 9.46. The molecule has 0 unspecified atom stereocenters. The lowest BCUT2D eigenvalue weighted by molar-refractivity contribution is 0.750. The molecule has 0 N–H and O–H groups in total. The molecule has 0 aliphatic carbocycles. The Balaban J connectivity index is 0.0000000975. The maximum Gasteiger partial charge on any atom is 0.160 e. The zero-order chi connectivity index (χ0) is 29.8. The molecule has 12 nitrogen and oxygen atoms in total. The van der Waals surface area contributed by atoms with Gasteiger partial charge in [-0.05, 0) is 79.6 Å². The van der Waals surface area contributed by atoms with Crippen LogP contribution in [0.1, 0.15) is 12.1 Å². The Morgan fingerprint density at radius 1 is 0.523 bits per heavy atom. The number of fused-ring (bicyclic) bond motifs is 5. The first-order valence-corrected chi connectivity index (χ1v) is 14.1. The Hall–Kier alpha value is -6.17. The van der Waals surface area contributed by atoms with Gasteiger partial charge in [0.2, 0.25) is 0 Å². The third-order valence-corrected chi connectivity index (χ3v) is 6.61. The molecule has 0 amide bonds. The number of hydrogen-bond donors (Lipinski definition) is 0. The summed E-state index contributed by atoms with van der Waals surface area (Å²) in [5.41, 5.74) is 5.30. The predicted molar refractivity (Wildman–Crippen MR) is 167 cm³/mol. The van der Waals surface area contributed by atoms with Gasteiger partial charge in [-0.2, -0.15) is 15.3 Å². The van der Waals surface area contributed by atoms with E-state index in [1.165, 1.54) is 25.1 Å². The van der Waals surface area contributed by atoms with Crippen molar-refractivity contribution in [2.75, 3.05) is 0 Å². The highest BCUT2D eigenvalue weighted by atomic mass is 15.2. The molecule has 10 rings (SSSR count). The lowest BCUT2D eigenvalue weighted by atomic mass is 10.3. The van der Waals surface area contributed by atoms with Crippen molar-refractivity contribution in [2.45, 2.75) is 19.4 Å². The van der Waals surface area contributed by atoms with Crippen LogP contribution in [0.4, 0.5) is 0 Å². The van der Waals surface area contributed by atoms with Crippen LogP contribution >= 0.6 is 0 Å². The average molecular weight is 583 g/mol. The van der Waals surface area contributed by atoms with Crippen molar-refractivity contribution in [3.63, 3.8) is 0 Å². The van der Waals surface area contributed by atoms with Crippen molar-refractivity contribution < 1.29 is 0 Å². The predicted octanol–water partition coefficient (Wildman–Crippen LogP) is 4.96. The van der Waals surface area contributed by atoms with Gasteiger partial charge in [-0.1, -0.05) is 12.1 Å². The van der Waals surface area contributed by atoms with Crippen molar-refractivity contribution in [1.29, 1.82) is 0 Å². The smallest absolute Gasteiger partial charge is 0.160 e. The molecule has 0 saturated carbocycles. The molecule has 218 valence electrons. The summed E-state index contributed by atoms with van der Waals surface area (Å²) in [6.45, 7) is 1.24. The van der Waals surface area contributed by atoms with Gasteiger partial charge >= 0.3 is 0 Å². The maximum absolute atomic E-state index is 4.04.